The molecule has 2 aromatic rings. The molecule has 18 heavy (non-hydrogen) atoms. The number of rotatable bonds is 4. The van der Waals surface area contributed by atoms with Crippen LogP contribution in [-0.2, 0) is 6.54 Å². The Morgan fingerprint density at radius 3 is 2.67 bits per heavy atom. The predicted octanol–water partition coefficient (Wildman–Crippen LogP) is 2.85. The number of hydrogen-bond acceptors (Lipinski definition) is 2. The van der Waals surface area contributed by atoms with Crippen LogP contribution in [0.1, 0.15) is 31.0 Å². The first-order valence-electron chi connectivity index (χ1n) is 6.10. The van der Waals surface area contributed by atoms with E-state index in [4.69, 9.17) is 0 Å². The summed E-state index contributed by atoms with van der Waals surface area (Å²) in [6, 6.07) is 7.14. The number of nitrogens with one attached hydrogen (secondary N) is 1. The third kappa shape index (κ3) is 2.59. The van der Waals surface area contributed by atoms with Crippen LogP contribution in [0.25, 0.3) is 5.69 Å². The van der Waals surface area contributed by atoms with Gasteiger partial charge in [0.1, 0.15) is 11.5 Å². The second-order valence-corrected chi connectivity index (χ2v) is 4.66. The molecular weight excluding hydrogens is 229 g/mol. The molecule has 96 valence electrons. The summed E-state index contributed by atoms with van der Waals surface area (Å²) in [6.07, 6.45) is 1.80. The second-order valence-electron chi connectivity index (χ2n) is 4.66. The summed E-state index contributed by atoms with van der Waals surface area (Å²) in [5.74, 6) is 0.0963. The van der Waals surface area contributed by atoms with E-state index in [-0.39, 0.29) is 5.82 Å². The van der Waals surface area contributed by atoms with E-state index in [2.05, 4.69) is 24.3 Å². The van der Waals surface area contributed by atoms with Gasteiger partial charge in [-0.2, -0.15) is 5.10 Å². The summed E-state index contributed by atoms with van der Waals surface area (Å²) in [5, 5.41) is 7.38. The highest BCUT2D eigenvalue weighted by atomic mass is 19.1. The van der Waals surface area contributed by atoms with E-state index in [0.717, 1.165) is 11.3 Å². The Morgan fingerprint density at radius 2 is 2.11 bits per heavy atom. The minimum absolute atomic E-state index is 0.249. The largest absolute Gasteiger partial charge is 0.316 e. The monoisotopic (exact) mass is 247 g/mol. The summed E-state index contributed by atoms with van der Waals surface area (Å²) in [7, 11) is 1.84. The first-order valence-corrected chi connectivity index (χ1v) is 6.10. The maximum Gasteiger partial charge on any atom is 0.149 e. The van der Waals surface area contributed by atoms with Gasteiger partial charge in [0, 0.05) is 12.7 Å². The van der Waals surface area contributed by atoms with Gasteiger partial charge < -0.3 is 5.32 Å². The van der Waals surface area contributed by atoms with E-state index in [1.807, 2.05) is 19.2 Å². The zero-order valence-corrected chi connectivity index (χ0v) is 10.9. The highest BCUT2D eigenvalue weighted by Crippen LogP contribution is 2.17. The molecule has 0 saturated heterocycles. The fraction of sp³-hybridized carbons (Fsp3) is 0.357. The zero-order chi connectivity index (χ0) is 13.1. The number of halogens is 1. The molecule has 1 heterocycles. The van der Waals surface area contributed by atoms with E-state index in [0.29, 0.717) is 18.2 Å². The van der Waals surface area contributed by atoms with Crippen molar-refractivity contribution in [1.82, 2.24) is 15.1 Å². The van der Waals surface area contributed by atoms with Crippen LogP contribution in [-0.4, -0.2) is 16.8 Å². The minimum atomic E-state index is -0.249. The number of benzene rings is 1. The lowest BCUT2D eigenvalue weighted by Crippen LogP contribution is -2.06. The first kappa shape index (κ1) is 12.8. The summed E-state index contributed by atoms with van der Waals surface area (Å²) in [5.41, 5.74) is 2.38. The van der Waals surface area contributed by atoms with Crippen molar-refractivity contribution >= 4 is 0 Å². The molecule has 1 aromatic carbocycles. The molecule has 0 unspecified atom stereocenters. The fourth-order valence-corrected chi connectivity index (χ4v) is 1.83. The number of nitrogens with zero attached hydrogens (tertiary/aromatic N) is 2. The Bertz CT molecular complexity index is 532. The van der Waals surface area contributed by atoms with Crippen LogP contribution in [0, 0.1) is 5.82 Å². The molecule has 0 aliphatic heterocycles. The Hall–Kier alpha value is -1.68. The molecule has 2 rings (SSSR count). The standard InChI is InChI=1S/C14H18FN3/c1-10(2)13-6-7-18(17-13)14-5-4-11(9-16-3)8-12(14)15/h4-8,10,16H,9H2,1-3H3. The third-order valence-corrected chi connectivity index (χ3v) is 2.84. The topological polar surface area (TPSA) is 29.9 Å². The van der Waals surface area contributed by atoms with E-state index >= 15 is 0 Å². The van der Waals surface area contributed by atoms with Gasteiger partial charge in [-0.1, -0.05) is 19.9 Å². The summed E-state index contributed by atoms with van der Waals surface area (Å²) >= 11 is 0. The van der Waals surface area contributed by atoms with Gasteiger partial charge in [-0.25, -0.2) is 9.07 Å². The molecular formula is C14H18FN3. The SMILES string of the molecule is CNCc1ccc(-n2ccc(C(C)C)n2)c(F)c1. The van der Waals surface area contributed by atoms with Crippen LogP contribution >= 0.6 is 0 Å². The van der Waals surface area contributed by atoms with Gasteiger partial charge in [0.25, 0.3) is 0 Å². The van der Waals surface area contributed by atoms with Crippen molar-refractivity contribution in [2.75, 3.05) is 7.05 Å². The maximum absolute atomic E-state index is 14.0. The molecule has 4 heteroatoms. The van der Waals surface area contributed by atoms with Crippen molar-refractivity contribution in [3.8, 4) is 5.69 Å². The Morgan fingerprint density at radius 1 is 1.33 bits per heavy atom. The smallest absolute Gasteiger partial charge is 0.149 e. The van der Waals surface area contributed by atoms with Crippen LogP contribution in [0.3, 0.4) is 0 Å². The molecule has 0 radical (unpaired) electrons. The Kier molecular flexibility index (Phi) is 3.77. The Labute approximate surface area is 107 Å². The number of hydrogen-bond donors (Lipinski definition) is 1. The summed E-state index contributed by atoms with van der Waals surface area (Å²) in [6.45, 7) is 4.80. The van der Waals surface area contributed by atoms with Crippen LogP contribution in [0.2, 0.25) is 0 Å². The van der Waals surface area contributed by atoms with Crippen LogP contribution in [0.5, 0.6) is 0 Å². The normalized spacial score (nSPS) is 11.2. The summed E-state index contributed by atoms with van der Waals surface area (Å²) in [4.78, 5) is 0. The van der Waals surface area contributed by atoms with Crippen LogP contribution < -0.4 is 5.32 Å². The molecule has 0 aliphatic carbocycles. The van der Waals surface area contributed by atoms with E-state index in [1.165, 1.54) is 0 Å². The lowest BCUT2D eigenvalue weighted by atomic mass is 10.1. The van der Waals surface area contributed by atoms with E-state index in [9.17, 15) is 4.39 Å². The molecule has 0 bridgehead atoms. The van der Waals surface area contributed by atoms with E-state index in [1.54, 1.807) is 23.0 Å². The van der Waals surface area contributed by atoms with Crippen molar-refractivity contribution in [2.45, 2.75) is 26.3 Å². The second kappa shape index (κ2) is 5.31. The van der Waals surface area contributed by atoms with Crippen LogP contribution in [0.15, 0.2) is 30.5 Å². The van der Waals surface area contributed by atoms with Gasteiger partial charge in [-0.05, 0) is 36.7 Å². The van der Waals surface area contributed by atoms with E-state index < -0.39 is 0 Å². The van der Waals surface area contributed by atoms with Crippen molar-refractivity contribution in [3.63, 3.8) is 0 Å². The van der Waals surface area contributed by atoms with Crippen molar-refractivity contribution in [2.24, 2.45) is 0 Å². The third-order valence-electron chi connectivity index (χ3n) is 2.84. The molecule has 1 N–H and O–H groups in total. The average molecular weight is 247 g/mol. The fourth-order valence-electron chi connectivity index (χ4n) is 1.83. The van der Waals surface area contributed by atoms with Crippen molar-refractivity contribution < 1.29 is 4.39 Å². The zero-order valence-electron chi connectivity index (χ0n) is 10.9. The number of aromatic nitrogens is 2. The lowest BCUT2D eigenvalue weighted by molar-refractivity contribution is 0.605. The molecule has 0 spiro atoms. The average Bonchev–Trinajstić information content (AvgIpc) is 2.79. The van der Waals surface area contributed by atoms with Gasteiger partial charge in [0.2, 0.25) is 0 Å². The van der Waals surface area contributed by atoms with Gasteiger partial charge in [-0.3, -0.25) is 0 Å². The molecule has 0 fully saturated rings. The van der Waals surface area contributed by atoms with Crippen LogP contribution in [0.4, 0.5) is 4.39 Å². The first-order chi connectivity index (χ1) is 8.61. The quantitative estimate of drug-likeness (QED) is 0.900. The lowest BCUT2D eigenvalue weighted by Gasteiger charge is -2.06. The molecule has 0 amide bonds. The van der Waals surface area contributed by atoms with Gasteiger partial charge in [-0.15, -0.1) is 0 Å². The van der Waals surface area contributed by atoms with Crippen molar-refractivity contribution in [3.05, 3.63) is 47.5 Å². The molecule has 0 saturated carbocycles. The minimum Gasteiger partial charge on any atom is -0.316 e. The highest BCUT2D eigenvalue weighted by Gasteiger charge is 2.09. The summed E-state index contributed by atoms with van der Waals surface area (Å²) < 4.78 is 15.6. The molecule has 3 nitrogen and oxygen atoms in total. The Balaban J connectivity index is 2.32. The molecule has 1 aromatic heterocycles. The molecule has 0 aliphatic rings. The molecule has 0 atom stereocenters. The van der Waals surface area contributed by atoms with Gasteiger partial charge >= 0.3 is 0 Å². The maximum atomic E-state index is 14.0. The predicted molar refractivity (Wildman–Crippen MR) is 70.4 cm³/mol. The van der Waals surface area contributed by atoms with Gasteiger partial charge in [0.15, 0.2) is 0 Å². The van der Waals surface area contributed by atoms with Gasteiger partial charge in [0.05, 0.1) is 5.69 Å². The van der Waals surface area contributed by atoms with Crippen molar-refractivity contribution in [1.29, 1.82) is 0 Å². The highest BCUT2D eigenvalue weighted by molar-refractivity contribution is 5.36.